The fourth-order valence-electron chi connectivity index (χ4n) is 1.66. The van der Waals surface area contributed by atoms with Gasteiger partial charge in [0.25, 0.3) is 5.91 Å². The summed E-state index contributed by atoms with van der Waals surface area (Å²) in [5.74, 6) is 0.668. The average molecular weight is 306 g/mol. The lowest BCUT2D eigenvalue weighted by molar-refractivity contribution is 0.0946. The van der Waals surface area contributed by atoms with Crippen molar-refractivity contribution in [2.75, 3.05) is 20.3 Å². The maximum Gasteiger partial charge on any atom is 0.263 e. The number of methoxy groups -OCH3 is 1. The normalized spacial score (nSPS) is 12.0. The second kappa shape index (κ2) is 7.19. The van der Waals surface area contributed by atoms with Crippen molar-refractivity contribution in [2.24, 2.45) is 5.92 Å². The molecule has 0 fully saturated rings. The van der Waals surface area contributed by atoms with Gasteiger partial charge in [-0.3, -0.25) is 4.79 Å². The van der Waals surface area contributed by atoms with Crippen LogP contribution >= 0.6 is 11.3 Å². The van der Waals surface area contributed by atoms with Crippen molar-refractivity contribution in [2.45, 2.75) is 6.92 Å². The number of aliphatic hydroxyl groups excluding tert-OH is 1. The molecule has 2 rings (SSSR count). The van der Waals surface area contributed by atoms with E-state index in [-0.39, 0.29) is 18.4 Å². The zero-order valence-corrected chi connectivity index (χ0v) is 12.8. The van der Waals surface area contributed by atoms with E-state index in [9.17, 15) is 4.79 Å². The van der Waals surface area contributed by atoms with Crippen LogP contribution in [0.25, 0.3) is 10.6 Å². The molecule has 1 atom stereocenters. The molecule has 21 heavy (non-hydrogen) atoms. The highest BCUT2D eigenvalue weighted by Crippen LogP contribution is 2.26. The van der Waals surface area contributed by atoms with Gasteiger partial charge in [0.15, 0.2) is 0 Å². The van der Waals surface area contributed by atoms with E-state index >= 15 is 0 Å². The second-order valence-corrected chi connectivity index (χ2v) is 5.79. The quantitative estimate of drug-likeness (QED) is 0.858. The van der Waals surface area contributed by atoms with Crippen LogP contribution in [-0.2, 0) is 0 Å². The topological polar surface area (TPSA) is 71.5 Å². The van der Waals surface area contributed by atoms with Crippen LogP contribution in [-0.4, -0.2) is 36.3 Å². The van der Waals surface area contributed by atoms with E-state index in [2.05, 4.69) is 10.3 Å². The van der Waals surface area contributed by atoms with Crippen molar-refractivity contribution in [3.05, 3.63) is 35.3 Å². The highest BCUT2D eigenvalue weighted by Gasteiger charge is 2.12. The molecule has 0 saturated carbocycles. The van der Waals surface area contributed by atoms with Gasteiger partial charge in [0.05, 0.1) is 13.3 Å². The van der Waals surface area contributed by atoms with Crippen molar-refractivity contribution >= 4 is 17.2 Å². The lowest BCUT2D eigenvalue weighted by Gasteiger charge is -2.07. The Morgan fingerprint density at radius 1 is 1.43 bits per heavy atom. The van der Waals surface area contributed by atoms with Gasteiger partial charge >= 0.3 is 0 Å². The molecule has 112 valence electrons. The van der Waals surface area contributed by atoms with Gasteiger partial charge < -0.3 is 15.2 Å². The minimum absolute atomic E-state index is 0.0444. The standard InChI is InChI=1S/C15H18N2O3S/c1-10(9-18)7-16-14(19)13-8-17-15(21-13)11-3-5-12(20-2)6-4-11/h3-6,8,10,18H,7,9H2,1-2H3,(H,16,19). The highest BCUT2D eigenvalue weighted by atomic mass is 32.1. The zero-order valence-electron chi connectivity index (χ0n) is 12.0. The van der Waals surface area contributed by atoms with E-state index in [1.54, 1.807) is 13.3 Å². The Bertz CT molecular complexity index is 595. The first-order valence-corrected chi connectivity index (χ1v) is 7.45. The molecular weight excluding hydrogens is 288 g/mol. The van der Waals surface area contributed by atoms with Crippen LogP contribution in [0.1, 0.15) is 16.6 Å². The fourth-order valence-corrected chi connectivity index (χ4v) is 2.50. The second-order valence-electron chi connectivity index (χ2n) is 4.76. The van der Waals surface area contributed by atoms with Gasteiger partial charge in [0.1, 0.15) is 15.6 Å². The molecule has 0 aliphatic rings. The Morgan fingerprint density at radius 3 is 2.76 bits per heavy atom. The number of aromatic nitrogens is 1. The molecule has 0 aliphatic carbocycles. The summed E-state index contributed by atoms with van der Waals surface area (Å²) in [6.07, 6.45) is 1.57. The molecule has 0 bridgehead atoms. The maximum atomic E-state index is 12.0. The molecule has 1 aromatic heterocycles. The Morgan fingerprint density at radius 2 is 2.14 bits per heavy atom. The summed E-state index contributed by atoms with van der Waals surface area (Å²) >= 11 is 1.34. The van der Waals surface area contributed by atoms with E-state index < -0.39 is 0 Å². The van der Waals surface area contributed by atoms with Crippen molar-refractivity contribution in [1.82, 2.24) is 10.3 Å². The number of nitrogens with zero attached hydrogens (tertiary/aromatic N) is 1. The number of rotatable bonds is 6. The summed E-state index contributed by atoms with van der Waals surface area (Å²) in [5, 5.41) is 12.5. The lowest BCUT2D eigenvalue weighted by atomic mass is 10.2. The van der Waals surface area contributed by atoms with Crippen molar-refractivity contribution in [3.8, 4) is 16.3 Å². The predicted molar refractivity (Wildman–Crippen MR) is 82.7 cm³/mol. The van der Waals surface area contributed by atoms with Crippen molar-refractivity contribution in [3.63, 3.8) is 0 Å². The third kappa shape index (κ3) is 4.03. The lowest BCUT2D eigenvalue weighted by Crippen LogP contribution is -2.28. The molecule has 0 aliphatic heterocycles. The van der Waals surface area contributed by atoms with Gasteiger partial charge in [-0.05, 0) is 30.2 Å². The van der Waals surface area contributed by atoms with Gasteiger partial charge in [-0.1, -0.05) is 6.92 Å². The molecular formula is C15H18N2O3S. The summed E-state index contributed by atoms with van der Waals surface area (Å²) in [6.45, 7) is 2.38. The van der Waals surface area contributed by atoms with Crippen molar-refractivity contribution < 1.29 is 14.6 Å². The molecule has 0 saturated heterocycles. The number of ether oxygens (including phenoxy) is 1. The molecule has 6 heteroatoms. The van der Waals surface area contributed by atoms with E-state index in [4.69, 9.17) is 9.84 Å². The fraction of sp³-hybridized carbons (Fsp3) is 0.333. The van der Waals surface area contributed by atoms with Crippen LogP contribution < -0.4 is 10.1 Å². The number of amides is 1. The van der Waals surface area contributed by atoms with Gasteiger partial charge in [-0.25, -0.2) is 4.98 Å². The monoisotopic (exact) mass is 306 g/mol. The van der Waals surface area contributed by atoms with Crippen LogP contribution in [0.3, 0.4) is 0 Å². The van der Waals surface area contributed by atoms with Gasteiger partial charge in [-0.2, -0.15) is 0 Å². The van der Waals surface area contributed by atoms with Crippen LogP contribution in [0.4, 0.5) is 0 Å². The molecule has 1 aromatic carbocycles. The summed E-state index contributed by atoms with van der Waals surface area (Å²) in [5.41, 5.74) is 0.948. The summed E-state index contributed by atoms with van der Waals surface area (Å²) in [4.78, 5) is 16.8. The third-order valence-corrected chi connectivity index (χ3v) is 4.03. The number of thiazole rings is 1. The smallest absolute Gasteiger partial charge is 0.263 e. The number of hydrogen-bond donors (Lipinski definition) is 2. The molecule has 1 amide bonds. The molecule has 0 radical (unpaired) electrons. The van der Waals surface area contributed by atoms with E-state index in [1.807, 2.05) is 31.2 Å². The Hall–Kier alpha value is -1.92. The van der Waals surface area contributed by atoms with Crippen LogP contribution in [0.5, 0.6) is 5.75 Å². The van der Waals surface area contributed by atoms with E-state index in [1.165, 1.54) is 11.3 Å². The number of benzene rings is 1. The Kier molecular flexibility index (Phi) is 5.30. The maximum absolute atomic E-state index is 12.0. The summed E-state index contributed by atoms with van der Waals surface area (Å²) in [6, 6.07) is 7.54. The van der Waals surface area contributed by atoms with Gasteiger partial charge in [-0.15, -0.1) is 11.3 Å². The van der Waals surface area contributed by atoms with Crippen LogP contribution in [0.2, 0.25) is 0 Å². The minimum Gasteiger partial charge on any atom is -0.497 e. The van der Waals surface area contributed by atoms with E-state index in [0.717, 1.165) is 16.3 Å². The SMILES string of the molecule is COc1ccc(-c2ncc(C(=O)NCC(C)CO)s2)cc1. The number of aliphatic hydroxyl groups is 1. The molecule has 1 heterocycles. The zero-order chi connectivity index (χ0) is 15.2. The number of hydrogen-bond acceptors (Lipinski definition) is 5. The predicted octanol–water partition coefficient (Wildman–Crippen LogP) is 2.18. The molecule has 2 N–H and O–H groups in total. The van der Waals surface area contributed by atoms with E-state index in [0.29, 0.717) is 11.4 Å². The third-order valence-electron chi connectivity index (χ3n) is 2.99. The Balaban J connectivity index is 2.04. The van der Waals surface area contributed by atoms with Gasteiger partial charge in [0, 0.05) is 18.7 Å². The van der Waals surface area contributed by atoms with Gasteiger partial charge in [0.2, 0.25) is 0 Å². The van der Waals surface area contributed by atoms with Crippen LogP contribution in [0, 0.1) is 5.92 Å². The summed E-state index contributed by atoms with van der Waals surface area (Å²) in [7, 11) is 1.62. The first kappa shape index (κ1) is 15.5. The summed E-state index contributed by atoms with van der Waals surface area (Å²) < 4.78 is 5.11. The highest BCUT2D eigenvalue weighted by molar-refractivity contribution is 7.16. The number of carbonyl (C=O) groups excluding carboxylic acids is 1. The number of nitrogens with one attached hydrogen (secondary N) is 1. The largest absolute Gasteiger partial charge is 0.497 e. The average Bonchev–Trinajstić information content (AvgIpc) is 3.02. The Labute approximate surface area is 127 Å². The first-order valence-electron chi connectivity index (χ1n) is 6.63. The molecule has 1 unspecified atom stereocenters. The number of carbonyl (C=O) groups is 1. The molecule has 5 nitrogen and oxygen atoms in total. The molecule has 0 spiro atoms. The molecule has 2 aromatic rings. The minimum atomic E-state index is -0.160. The van der Waals surface area contributed by atoms with Crippen LogP contribution in [0.15, 0.2) is 30.5 Å². The van der Waals surface area contributed by atoms with Crippen molar-refractivity contribution in [1.29, 1.82) is 0 Å². The first-order chi connectivity index (χ1) is 10.1.